The number of halogens is 1. The van der Waals surface area contributed by atoms with Gasteiger partial charge in [-0.05, 0) is 24.3 Å². The average molecular weight is 289 g/mol. The van der Waals surface area contributed by atoms with Crippen LogP contribution in [-0.2, 0) is 4.79 Å². The molecular formula is C14H12FN3O3. The molecule has 7 heteroatoms. The fraction of sp³-hybridized carbons (Fsp3) is 0.0714. The number of hydrogen-bond acceptors (Lipinski definition) is 3. The zero-order valence-corrected chi connectivity index (χ0v) is 10.9. The smallest absolute Gasteiger partial charge is 0.251 e. The summed E-state index contributed by atoms with van der Waals surface area (Å²) >= 11 is 0. The van der Waals surface area contributed by atoms with Crippen LogP contribution in [0.1, 0.15) is 10.4 Å². The highest BCUT2D eigenvalue weighted by Gasteiger charge is 2.09. The highest BCUT2D eigenvalue weighted by atomic mass is 19.1. The maximum absolute atomic E-state index is 12.7. The molecule has 1 aromatic heterocycles. The molecule has 2 rings (SSSR count). The van der Waals surface area contributed by atoms with Crippen LogP contribution in [0.2, 0.25) is 0 Å². The van der Waals surface area contributed by atoms with Gasteiger partial charge in [0.15, 0.2) is 0 Å². The predicted molar refractivity (Wildman–Crippen MR) is 74.4 cm³/mol. The molecule has 0 spiro atoms. The Morgan fingerprint density at radius 1 is 1.14 bits per heavy atom. The molecule has 0 aliphatic rings. The van der Waals surface area contributed by atoms with E-state index < -0.39 is 17.6 Å². The van der Waals surface area contributed by atoms with E-state index in [1.54, 1.807) is 0 Å². The van der Waals surface area contributed by atoms with Crippen molar-refractivity contribution in [1.82, 2.24) is 10.3 Å². The molecule has 0 saturated carbocycles. The lowest BCUT2D eigenvalue weighted by Crippen LogP contribution is -2.33. The second kappa shape index (κ2) is 6.47. The van der Waals surface area contributed by atoms with Gasteiger partial charge in [-0.25, -0.2) is 4.39 Å². The number of amides is 2. The highest BCUT2D eigenvalue weighted by molar-refractivity contribution is 5.99. The Labute approximate surface area is 119 Å². The molecule has 3 N–H and O–H groups in total. The van der Waals surface area contributed by atoms with Crippen molar-refractivity contribution in [2.45, 2.75) is 0 Å². The van der Waals surface area contributed by atoms with Gasteiger partial charge in [-0.3, -0.25) is 14.4 Å². The Morgan fingerprint density at radius 3 is 2.52 bits per heavy atom. The van der Waals surface area contributed by atoms with Crippen molar-refractivity contribution < 1.29 is 14.0 Å². The summed E-state index contributed by atoms with van der Waals surface area (Å²) in [6.07, 6.45) is 2.79. The van der Waals surface area contributed by atoms with Crippen LogP contribution < -0.4 is 16.1 Å². The van der Waals surface area contributed by atoms with Crippen molar-refractivity contribution in [1.29, 1.82) is 0 Å². The van der Waals surface area contributed by atoms with Crippen LogP contribution in [0.4, 0.5) is 10.1 Å². The topological polar surface area (TPSA) is 91.1 Å². The lowest BCUT2D eigenvalue weighted by atomic mass is 10.2. The zero-order chi connectivity index (χ0) is 15.2. The van der Waals surface area contributed by atoms with Crippen molar-refractivity contribution in [3.05, 3.63) is 64.3 Å². The Balaban J connectivity index is 1.89. The summed E-state index contributed by atoms with van der Waals surface area (Å²) in [7, 11) is 0. The lowest BCUT2D eigenvalue weighted by Gasteiger charge is -2.06. The molecule has 0 atom stereocenters. The van der Waals surface area contributed by atoms with Crippen LogP contribution in [0, 0.1) is 5.82 Å². The first kappa shape index (κ1) is 14.4. The van der Waals surface area contributed by atoms with Gasteiger partial charge >= 0.3 is 0 Å². The molecule has 0 radical (unpaired) electrons. The van der Waals surface area contributed by atoms with Crippen LogP contribution in [0.25, 0.3) is 0 Å². The summed E-state index contributed by atoms with van der Waals surface area (Å²) in [6.45, 7) is -0.301. The molecule has 6 nitrogen and oxygen atoms in total. The number of pyridine rings is 1. The first-order chi connectivity index (χ1) is 10.1. The number of H-pyrrole nitrogens is 1. The van der Waals surface area contributed by atoms with E-state index >= 15 is 0 Å². The number of benzene rings is 1. The number of carbonyl (C=O) groups excluding carboxylic acids is 2. The summed E-state index contributed by atoms with van der Waals surface area (Å²) in [5.74, 6) is -1.50. The van der Waals surface area contributed by atoms with E-state index in [-0.39, 0.29) is 23.2 Å². The number of anilines is 1. The maximum atomic E-state index is 12.7. The van der Waals surface area contributed by atoms with Gasteiger partial charge in [-0.1, -0.05) is 0 Å². The molecule has 1 aromatic carbocycles. The predicted octanol–water partition coefficient (Wildman–Crippen LogP) is 0.882. The SMILES string of the molecule is O=C(CNC(=O)c1ccc(F)cc1)Nc1c[nH]ccc1=O. The van der Waals surface area contributed by atoms with Gasteiger partial charge in [0.05, 0.1) is 6.54 Å². The van der Waals surface area contributed by atoms with Crippen molar-refractivity contribution in [3.8, 4) is 0 Å². The van der Waals surface area contributed by atoms with Crippen LogP contribution >= 0.6 is 0 Å². The van der Waals surface area contributed by atoms with E-state index in [0.29, 0.717) is 0 Å². The molecule has 2 aromatic rings. The standard InChI is InChI=1S/C14H12FN3O3/c15-10-3-1-9(2-4-10)14(21)17-8-13(20)18-11-7-16-6-5-12(11)19/h1-7H,8H2,(H,16,19)(H,17,21)(H,18,20). The maximum Gasteiger partial charge on any atom is 0.251 e. The lowest BCUT2D eigenvalue weighted by molar-refractivity contribution is -0.115. The van der Waals surface area contributed by atoms with Crippen molar-refractivity contribution in [2.24, 2.45) is 0 Å². The zero-order valence-electron chi connectivity index (χ0n) is 10.9. The summed E-state index contributed by atoms with van der Waals surface area (Å²) in [6, 6.07) is 6.19. The molecule has 0 bridgehead atoms. The molecule has 0 aliphatic heterocycles. The van der Waals surface area contributed by atoms with E-state index in [9.17, 15) is 18.8 Å². The van der Waals surface area contributed by atoms with E-state index in [2.05, 4.69) is 15.6 Å². The molecule has 2 amide bonds. The van der Waals surface area contributed by atoms with Crippen LogP contribution in [-0.4, -0.2) is 23.3 Å². The van der Waals surface area contributed by atoms with Crippen LogP contribution in [0.15, 0.2) is 47.5 Å². The quantitative estimate of drug-likeness (QED) is 0.780. The van der Waals surface area contributed by atoms with E-state index in [4.69, 9.17) is 0 Å². The number of rotatable bonds is 4. The van der Waals surface area contributed by atoms with Gasteiger partial charge in [-0.15, -0.1) is 0 Å². The number of aromatic nitrogens is 1. The monoisotopic (exact) mass is 289 g/mol. The van der Waals surface area contributed by atoms with Gasteiger partial charge < -0.3 is 15.6 Å². The third-order valence-electron chi connectivity index (χ3n) is 2.61. The van der Waals surface area contributed by atoms with Gasteiger partial charge in [-0.2, -0.15) is 0 Å². The third kappa shape index (κ3) is 4.00. The largest absolute Gasteiger partial charge is 0.366 e. The second-order valence-electron chi connectivity index (χ2n) is 4.16. The third-order valence-corrected chi connectivity index (χ3v) is 2.61. The Hall–Kier alpha value is -2.96. The van der Waals surface area contributed by atoms with Crippen molar-refractivity contribution >= 4 is 17.5 Å². The summed E-state index contributed by atoms with van der Waals surface area (Å²) < 4.78 is 12.7. The first-order valence-electron chi connectivity index (χ1n) is 6.07. The molecule has 108 valence electrons. The molecule has 21 heavy (non-hydrogen) atoms. The minimum atomic E-state index is -0.540. The Bertz CT molecular complexity index is 710. The number of carbonyl (C=O) groups is 2. The fourth-order valence-electron chi connectivity index (χ4n) is 1.57. The minimum Gasteiger partial charge on any atom is -0.366 e. The van der Waals surface area contributed by atoms with Gasteiger partial charge in [0.1, 0.15) is 11.5 Å². The van der Waals surface area contributed by atoms with Crippen LogP contribution in [0.3, 0.4) is 0 Å². The number of aromatic amines is 1. The normalized spacial score (nSPS) is 9.95. The first-order valence-corrected chi connectivity index (χ1v) is 6.07. The van der Waals surface area contributed by atoms with Crippen LogP contribution in [0.5, 0.6) is 0 Å². The summed E-state index contributed by atoms with van der Waals surface area (Å²) in [5.41, 5.74) is -0.00718. The summed E-state index contributed by atoms with van der Waals surface area (Å²) in [5, 5.41) is 4.74. The minimum absolute atomic E-state index is 0.0959. The van der Waals surface area contributed by atoms with E-state index in [0.717, 1.165) is 12.1 Å². The van der Waals surface area contributed by atoms with Gasteiger partial charge in [0.2, 0.25) is 11.3 Å². The fourth-order valence-corrected chi connectivity index (χ4v) is 1.57. The van der Waals surface area contributed by atoms with Gasteiger partial charge in [0.25, 0.3) is 5.91 Å². The average Bonchev–Trinajstić information content (AvgIpc) is 2.48. The summed E-state index contributed by atoms with van der Waals surface area (Å²) in [4.78, 5) is 37.4. The molecule has 0 aliphatic carbocycles. The number of hydrogen-bond donors (Lipinski definition) is 3. The Morgan fingerprint density at radius 2 is 1.86 bits per heavy atom. The molecule has 0 fully saturated rings. The van der Waals surface area contributed by atoms with Crippen molar-refractivity contribution in [3.63, 3.8) is 0 Å². The second-order valence-corrected chi connectivity index (χ2v) is 4.16. The molecule has 0 saturated heterocycles. The van der Waals surface area contributed by atoms with E-state index in [1.165, 1.54) is 30.6 Å². The highest BCUT2D eigenvalue weighted by Crippen LogP contribution is 2.02. The van der Waals surface area contributed by atoms with Gasteiger partial charge in [0, 0.05) is 24.0 Å². The molecule has 1 heterocycles. The van der Waals surface area contributed by atoms with Crippen molar-refractivity contribution in [2.75, 3.05) is 11.9 Å². The molecular weight excluding hydrogens is 277 g/mol. The Kier molecular flexibility index (Phi) is 4.45. The van der Waals surface area contributed by atoms with E-state index in [1.807, 2.05) is 0 Å². The molecule has 0 unspecified atom stereocenters. The number of nitrogens with one attached hydrogen (secondary N) is 3.